The van der Waals surface area contributed by atoms with Crippen LogP contribution in [0, 0.1) is 6.92 Å². The lowest BCUT2D eigenvalue weighted by Crippen LogP contribution is -2.34. The molecule has 5 rings (SSSR count). The number of carbonyl (C=O) groups excluding carboxylic acids is 1. The van der Waals surface area contributed by atoms with Gasteiger partial charge in [0, 0.05) is 7.05 Å². The van der Waals surface area contributed by atoms with Gasteiger partial charge in [-0.1, -0.05) is 30.3 Å². The van der Waals surface area contributed by atoms with Crippen molar-refractivity contribution < 1.29 is 9.21 Å². The number of fused-ring (bicyclic) bond motifs is 2. The van der Waals surface area contributed by atoms with Gasteiger partial charge in [-0.3, -0.25) is 14.6 Å². The second kappa shape index (κ2) is 7.38. The van der Waals surface area contributed by atoms with E-state index in [1.165, 1.54) is 4.90 Å². The van der Waals surface area contributed by atoms with E-state index in [1.807, 2.05) is 24.3 Å². The highest BCUT2D eigenvalue weighted by Crippen LogP contribution is 2.23. The van der Waals surface area contributed by atoms with Gasteiger partial charge in [0.2, 0.25) is 5.71 Å². The molecule has 0 aliphatic heterocycles. The van der Waals surface area contributed by atoms with Crippen molar-refractivity contribution in [1.82, 2.24) is 24.4 Å². The van der Waals surface area contributed by atoms with Crippen LogP contribution in [0.4, 0.5) is 0 Å². The highest BCUT2D eigenvalue weighted by atomic mass is 16.3. The largest absolute Gasteiger partial charge is 0.444 e. The van der Waals surface area contributed by atoms with Gasteiger partial charge in [-0.05, 0) is 31.2 Å². The number of H-pyrrole nitrogens is 2. The van der Waals surface area contributed by atoms with Gasteiger partial charge in [0.1, 0.15) is 17.0 Å². The molecule has 0 spiro atoms. The minimum atomic E-state index is -0.642. The molecule has 0 atom stereocenters. The Morgan fingerprint density at radius 1 is 1.06 bits per heavy atom. The smallest absolute Gasteiger partial charge is 0.335 e. The number of aryl methyl sites for hydroxylation is 1. The summed E-state index contributed by atoms with van der Waals surface area (Å²) in [6.07, 6.45) is 0. The van der Waals surface area contributed by atoms with Gasteiger partial charge in [0.25, 0.3) is 11.5 Å². The highest BCUT2D eigenvalue weighted by molar-refractivity contribution is 6.06. The number of nitrogens with one attached hydrogen (secondary N) is 2. The van der Waals surface area contributed by atoms with E-state index in [-0.39, 0.29) is 29.0 Å². The van der Waals surface area contributed by atoms with Gasteiger partial charge in [-0.2, -0.15) is 0 Å². The number of para-hydroxylation sites is 3. The van der Waals surface area contributed by atoms with Crippen LogP contribution >= 0.6 is 0 Å². The zero-order valence-electron chi connectivity index (χ0n) is 17.4. The standard InChI is InChI=1S/C23H19N5O4/c1-13-18(21(29)27(2)12-17-24-15-10-6-7-11-16(15)25-17)19-20(32-13)26-23(31)28(22(19)30)14-8-4-3-5-9-14/h3-11H,12H2,1-2H3,(H,24,25)(H,26,31). The summed E-state index contributed by atoms with van der Waals surface area (Å²) >= 11 is 0. The summed E-state index contributed by atoms with van der Waals surface area (Å²) < 4.78 is 6.57. The Bertz CT molecular complexity index is 1560. The number of furan rings is 1. The lowest BCUT2D eigenvalue weighted by Gasteiger charge is -2.15. The molecule has 3 heterocycles. The van der Waals surface area contributed by atoms with Gasteiger partial charge < -0.3 is 14.3 Å². The molecule has 2 N–H and O–H groups in total. The van der Waals surface area contributed by atoms with Crippen LogP contribution in [-0.4, -0.2) is 37.4 Å². The molecule has 0 saturated heterocycles. The molecule has 0 saturated carbocycles. The first kappa shape index (κ1) is 19.6. The normalized spacial score (nSPS) is 11.3. The summed E-state index contributed by atoms with van der Waals surface area (Å²) in [4.78, 5) is 50.9. The quantitative estimate of drug-likeness (QED) is 0.456. The lowest BCUT2D eigenvalue weighted by atomic mass is 10.1. The predicted molar refractivity (Wildman–Crippen MR) is 119 cm³/mol. The Morgan fingerprint density at radius 3 is 2.53 bits per heavy atom. The molecular formula is C23H19N5O4. The molecule has 0 fully saturated rings. The van der Waals surface area contributed by atoms with Crippen LogP contribution < -0.4 is 11.2 Å². The minimum Gasteiger partial charge on any atom is -0.444 e. The summed E-state index contributed by atoms with van der Waals surface area (Å²) in [5.74, 6) is 0.452. The lowest BCUT2D eigenvalue weighted by molar-refractivity contribution is 0.0782. The number of amides is 1. The van der Waals surface area contributed by atoms with Gasteiger partial charge in [-0.15, -0.1) is 0 Å². The van der Waals surface area contributed by atoms with E-state index in [0.717, 1.165) is 15.6 Å². The molecule has 2 aromatic carbocycles. The van der Waals surface area contributed by atoms with Crippen LogP contribution in [0.5, 0.6) is 0 Å². The fourth-order valence-corrected chi connectivity index (χ4v) is 3.83. The van der Waals surface area contributed by atoms with Gasteiger partial charge in [-0.25, -0.2) is 14.3 Å². The Kier molecular flexibility index (Phi) is 4.51. The number of benzene rings is 2. The first-order valence-corrected chi connectivity index (χ1v) is 9.97. The molecule has 160 valence electrons. The maximum absolute atomic E-state index is 13.3. The Labute approximate surface area is 180 Å². The maximum Gasteiger partial charge on any atom is 0.335 e. The van der Waals surface area contributed by atoms with E-state index in [1.54, 1.807) is 44.3 Å². The molecule has 9 heteroatoms. The fraction of sp³-hybridized carbons (Fsp3) is 0.130. The van der Waals surface area contributed by atoms with Gasteiger partial charge in [0.05, 0.1) is 28.8 Å². The first-order chi connectivity index (χ1) is 15.4. The van der Waals surface area contributed by atoms with Crippen molar-refractivity contribution in [1.29, 1.82) is 0 Å². The van der Waals surface area contributed by atoms with E-state index in [9.17, 15) is 14.4 Å². The number of hydrogen-bond acceptors (Lipinski definition) is 5. The average Bonchev–Trinajstić information content (AvgIpc) is 3.33. The van der Waals surface area contributed by atoms with Crippen LogP contribution in [0.3, 0.4) is 0 Å². The van der Waals surface area contributed by atoms with Crippen LogP contribution in [0.25, 0.3) is 27.8 Å². The van der Waals surface area contributed by atoms with Crippen molar-refractivity contribution in [2.75, 3.05) is 7.05 Å². The second-order valence-corrected chi connectivity index (χ2v) is 7.51. The van der Waals surface area contributed by atoms with Crippen LogP contribution in [-0.2, 0) is 6.54 Å². The third-order valence-corrected chi connectivity index (χ3v) is 5.33. The zero-order valence-corrected chi connectivity index (χ0v) is 17.4. The van der Waals surface area contributed by atoms with Crippen LogP contribution in [0.2, 0.25) is 0 Å². The number of aromatic nitrogens is 4. The molecule has 0 aliphatic carbocycles. The topological polar surface area (TPSA) is 117 Å². The molecule has 3 aromatic heterocycles. The Balaban J connectivity index is 1.58. The molecule has 0 bridgehead atoms. The monoisotopic (exact) mass is 429 g/mol. The van der Waals surface area contributed by atoms with Gasteiger partial charge in [0.15, 0.2) is 0 Å². The third-order valence-electron chi connectivity index (χ3n) is 5.33. The average molecular weight is 429 g/mol. The van der Waals surface area contributed by atoms with Crippen molar-refractivity contribution in [2.24, 2.45) is 0 Å². The molecule has 1 amide bonds. The molecule has 0 unspecified atom stereocenters. The van der Waals surface area contributed by atoms with E-state index in [0.29, 0.717) is 11.5 Å². The van der Waals surface area contributed by atoms with Crippen LogP contribution in [0.15, 0.2) is 68.6 Å². The van der Waals surface area contributed by atoms with Crippen molar-refractivity contribution in [3.05, 3.63) is 92.6 Å². The number of nitrogens with zero attached hydrogens (tertiary/aromatic N) is 3. The van der Waals surface area contributed by atoms with E-state index >= 15 is 0 Å². The molecular weight excluding hydrogens is 410 g/mol. The van der Waals surface area contributed by atoms with Crippen molar-refractivity contribution in [2.45, 2.75) is 13.5 Å². The van der Waals surface area contributed by atoms with Crippen LogP contribution in [0.1, 0.15) is 21.9 Å². The Morgan fingerprint density at radius 2 is 1.78 bits per heavy atom. The van der Waals surface area contributed by atoms with E-state index in [2.05, 4.69) is 15.0 Å². The molecule has 0 aliphatic rings. The minimum absolute atomic E-state index is 0.0230. The van der Waals surface area contributed by atoms with Crippen molar-refractivity contribution in [3.8, 4) is 5.69 Å². The maximum atomic E-state index is 13.3. The third kappa shape index (κ3) is 3.11. The molecule has 9 nitrogen and oxygen atoms in total. The SMILES string of the molecule is Cc1oc2[nH]c(=O)n(-c3ccccc3)c(=O)c2c1C(=O)N(C)Cc1nc2ccccc2[nH]1. The first-order valence-electron chi connectivity index (χ1n) is 9.97. The van der Waals surface area contributed by atoms with Gasteiger partial charge >= 0.3 is 5.69 Å². The summed E-state index contributed by atoms with van der Waals surface area (Å²) in [5.41, 5.74) is 0.904. The number of rotatable bonds is 4. The summed E-state index contributed by atoms with van der Waals surface area (Å²) in [7, 11) is 1.62. The summed E-state index contributed by atoms with van der Waals surface area (Å²) in [6, 6.07) is 16.1. The second-order valence-electron chi connectivity index (χ2n) is 7.51. The molecule has 32 heavy (non-hydrogen) atoms. The number of carbonyl (C=O) groups is 1. The zero-order chi connectivity index (χ0) is 22.4. The Hall–Kier alpha value is -4.40. The number of imidazole rings is 1. The summed E-state index contributed by atoms with van der Waals surface area (Å²) in [6.45, 7) is 1.79. The number of hydrogen-bond donors (Lipinski definition) is 2. The predicted octanol–water partition coefficient (Wildman–Crippen LogP) is 2.73. The molecule has 0 radical (unpaired) electrons. The summed E-state index contributed by atoms with van der Waals surface area (Å²) in [5, 5.41) is 0.0346. The fourth-order valence-electron chi connectivity index (χ4n) is 3.83. The molecule has 5 aromatic rings. The van der Waals surface area contributed by atoms with E-state index < -0.39 is 17.2 Å². The van der Waals surface area contributed by atoms with E-state index in [4.69, 9.17) is 4.42 Å². The number of aromatic amines is 2. The van der Waals surface area contributed by atoms with Crippen molar-refractivity contribution >= 4 is 28.0 Å². The van der Waals surface area contributed by atoms with Crippen molar-refractivity contribution in [3.63, 3.8) is 0 Å². The highest BCUT2D eigenvalue weighted by Gasteiger charge is 2.26.